The summed E-state index contributed by atoms with van der Waals surface area (Å²) in [6, 6.07) is 13.2. The Morgan fingerprint density at radius 1 is 1.00 bits per heavy atom. The van der Waals surface area contributed by atoms with Crippen LogP contribution in [0.15, 0.2) is 63.9 Å². The molecule has 1 aromatic heterocycles. The van der Waals surface area contributed by atoms with Crippen molar-refractivity contribution in [3.05, 3.63) is 76.1 Å². The average Bonchev–Trinajstić information content (AvgIpc) is 3.09. The van der Waals surface area contributed by atoms with Gasteiger partial charge in [-0.25, -0.2) is 9.18 Å². The summed E-state index contributed by atoms with van der Waals surface area (Å²) >= 11 is 5.93. The van der Waals surface area contributed by atoms with Crippen LogP contribution >= 0.6 is 11.6 Å². The van der Waals surface area contributed by atoms with Crippen LogP contribution < -0.4 is 10.7 Å². The van der Waals surface area contributed by atoms with Crippen molar-refractivity contribution in [2.75, 3.05) is 31.1 Å². The Morgan fingerprint density at radius 3 is 2.31 bits per heavy atom. The molecule has 150 valence electrons. The maximum Gasteiger partial charge on any atom is 0.419 e. The summed E-state index contributed by atoms with van der Waals surface area (Å²) in [7, 11) is 0. The van der Waals surface area contributed by atoms with Crippen molar-refractivity contribution in [3.63, 3.8) is 0 Å². The van der Waals surface area contributed by atoms with Gasteiger partial charge in [0.15, 0.2) is 5.76 Å². The fraction of sp³-hybridized carbons (Fsp3) is 0.238. The quantitative estimate of drug-likeness (QED) is 0.656. The number of amides is 1. The van der Waals surface area contributed by atoms with E-state index in [-0.39, 0.29) is 18.3 Å². The van der Waals surface area contributed by atoms with Crippen LogP contribution in [-0.2, 0) is 11.3 Å². The van der Waals surface area contributed by atoms with Crippen molar-refractivity contribution in [1.29, 1.82) is 0 Å². The van der Waals surface area contributed by atoms with E-state index in [1.165, 1.54) is 35.0 Å². The normalized spacial score (nSPS) is 14.3. The lowest BCUT2D eigenvalue weighted by Crippen LogP contribution is -2.50. The molecule has 1 saturated heterocycles. The molecule has 3 aromatic rings. The smallest absolute Gasteiger partial charge is 0.408 e. The number of halogens is 2. The molecule has 0 saturated carbocycles. The van der Waals surface area contributed by atoms with Gasteiger partial charge in [0.05, 0.1) is 6.20 Å². The van der Waals surface area contributed by atoms with Crippen molar-refractivity contribution in [1.82, 2.24) is 9.47 Å². The Kier molecular flexibility index (Phi) is 5.40. The minimum absolute atomic E-state index is 0.0928. The number of hydrogen-bond donors (Lipinski definition) is 0. The zero-order chi connectivity index (χ0) is 20.4. The van der Waals surface area contributed by atoms with Crippen LogP contribution in [0.25, 0.3) is 11.3 Å². The van der Waals surface area contributed by atoms with E-state index in [2.05, 4.69) is 4.90 Å². The minimum atomic E-state index is -0.613. The fourth-order valence-electron chi connectivity index (χ4n) is 3.34. The number of nitrogens with zero attached hydrogens (tertiary/aromatic N) is 3. The highest BCUT2D eigenvalue weighted by atomic mass is 35.5. The summed E-state index contributed by atoms with van der Waals surface area (Å²) in [5.41, 5.74) is 1.64. The highest BCUT2D eigenvalue weighted by molar-refractivity contribution is 6.30. The van der Waals surface area contributed by atoms with Gasteiger partial charge in [0.1, 0.15) is 12.4 Å². The van der Waals surface area contributed by atoms with Crippen LogP contribution in [0.3, 0.4) is 0 Å². The molecule has 8 heteroatoms. The van der Waals surface area contributed by atoms with E-state index in [1.54, 1.807) is 4.90 Å². The van der Waals surface area contributed by atoms with E-state index in [0.717, 1.165) is 5.69 Å². The van der Waals surface area contributed by atoms with Crippen molar-refractivity contribution in [2.24, 2.45) is 0 Å². The summed E-state index contributed by atoms with van der Waals surface area (Å²) in [5, 5.41) is 0.688. The molecule has 6 nitrogen and oxygen atoms in total. The Hall–Kier alpha value is -3.06. The molecule has 0 N–H and O–H groups in total. The van der Waals surface area contributed by atoms with Gasteiger partial charge in [-0.3, -0.25) is 9.36 Å². The highest BCUT2D eigenvalue weighted by Gasteiger charge is 2.22. The van der Waals surface area contributed by atoms with Gasteiger partial charge >= 0.3 is 5.76 Å². The van der Waals surface area contributed by atoms with E-state index in [4.69, 9.17) is 16.0 Å². The molecular weight excluding hydrogens is 397 g/mol. The van der Waals surface area contributed by atoms with E-state index >= 15 is 0 Å². The van der Waals surface area contributed by atoms with Crippen LogP contribution in [0.2, 0.25) is 5.02 Å². The molecule has 0 unspecified atom stereocenters. The number of hydrogen-bond acceptors (Lipinski definition) is 4. The van der Waals surface area contributed by atoms with E-state index in [9.17, 15) is 14.0 Å². The third-order valence-electron chi connectivity index (χ3n) is 4.96. The summed E-state index contributed by atoms with van der Waals surface area (Å²) in [6.45, 7) is 2.45. The fourth-order valence-corrected chi connectivity index (χ4v) is 3.47. The maximum absolute atomic E-state index is 13.1. The Balaban J connectivity index is 1.38. The third kappa shape index (κ3) is 4.35. The van der Waals surface area contributed by atoms with Crippen molar-refractivity contribution in [3.8, 4) is 11.3 Å². The minimum Gasteiger partial charge on any atom is -0.408 e. The van der Waals surface area contributed by atoms with Crippen molar-refractivity contribution >= 4 is 23.2 Å². The molecule has 0 atom stereocenters. The molecule has 2 aromatic carbocycles. The lowest BCUT2D eigenvalue weighted by molar-refractivity contribution is -0.132. The SMILES string of the molecule is O=C(Cn1cc(-c2ccc(F)cc2)oc1=O)N1CCN(c2ccc(Cl)cc2)CC1. The first-order valence-electron chi connectivity index (χ1n) is 9.24. The van der Waals surface area contributed by atoms with E-state index in [1.807, 2.05) is 24.3 Å². The van der Waals surface area contributed by atoms with Crippen molar-refractivity contribution < 1.29 is 13.6 Å². The number of carbonyl (C=O) groups is 1. The largest absolute Gasteiger partial charge is 0.419 e. The molecule has 2 heterocycles. The molecule has 0 bridgehead atoms. The number of aromatic nitrogens is 1. The standard InChI is InChI=1S/C21H19ClFN3O3/c22-16-3-7-18(8-4-16)24-9-11-25(12-10-24)20(27)14-26-13-19(29-21(26)28)15-1-5-17(23)6-2-15/h1-8,13H,9-12,14H2. The molecule has 1 aliphatic heterocycles. The van der Waals surface area contributed by atoms with Crippen LogP contribution in [0.5, 0.6) is 0 Å². The topological polar surface area (TPSA) is 58.7 Å². The average molecular weight is 416 g/mol. The number of anilines is 1. The van der Waals surface area contributed by atoms with Gasteiger partial charge in [0.25, 0.3) is 0 Å². The van der Waals surface area contributed by atoms with E-state index < -0.39 is 5.76 Å². The third-order valence-corrected chi connectivity index (χ3v) is 5.22. The van der Waals surface area contributed by atoms with Gasteiger partial charge in [-0.2, -0.15) is 0 Å². The Bertz CT molecular complexity index is 1050. The zero-order valence-electron chi connectivity index (χ0n) is 15.6. The summed E-state index contributed by atoms with van der Waals surface area (Å²) in [6.07, 6.45) is 1.48. The highest BCUT2D eigenvalue weighted by Crippen LogP contribution is 2.20. The van der Waals surface area contributed by atoms with Gasteiger partial charge in [-0.15, -0.1) is 0 Å². The number of piperazine rings is 1. The second-order valence-electron chi connectivity index (χ2n) is 6.84. The van der Waals surface area contributed by atoms with E-state index in [0.29, 0.717) is 42.5 Å². The van der Waals surface area contributed by atoms with Crippen molar-refractivity contribution in [2.45, 2.75) is 6.54 Å². The van der Waals surface area contributed by atoms with Gasteiger partial charge in [-0.05, 0) is 48.5 Å². The Labute approximate surface area is 171 Å². The van der Waals surface area contributed by atoms with Crippen LogP contribution in [0.4, 0.5) is 10.1 Å². The number of rotatable bonds is 4. The molecule has 0 radical (unpaired) electrons. The van der Waals surface area contributed by atoms with Gasteiger partial charge in [-0.1, -0.05) is 11.6 Å². The second-order valence-corrected chi connectivity index (χ2v) is 7.28. The molecule has 0 spiro atoms. The predicted molar refractivity (Wildman–Crippen MR) is 109 cm³/mol. The molecule has 1 aliphatic rings. The Morgan fingerprint density at radius 2 is 1.66 bits per heavy atom. The van der Waals surface area contributed by atoms with Gasteiger partial charge in [0.2, 0.25) is 5.91 Å². The summed E-state index contributed by atoms with van der Waals surface area (Å²) in [5.74, 6) is -0.828. The zero-order valence-corrected chi connectivity index (χ0v) is 16.3. The summed E-state index contributed by atoms with van der Waals surface area (Å²) < 4.78 is 19.5. The van der Waals surface area contributed by atoms with Crippen LogP contribution in [0.1, 0.15) is 0 Å². The lowest BCUT2D eigenvalue weighted by atomic mass is 10.2. The molecule has 1 amide bonds. The number of benzene rings is 2. The second kappa shape index (κ2) is 8.13. The maximum atomic E-state index is 13.1. The lowest BCUT2D eigenvalue weighted by Gasteiger charge is -2.36. The number of carbonyl (C=O) groups excluding carboxylic acids is 1. The molecule has 4 rings (SSSR count). The number of oxazole rings is 1. The first-order valence-corrected chi connectivity index (χ1v) is 9.62. The summed E-state index contributed by atoms with van der Waals surface area (Å²) in [4.78, 5) is 28.7. The molecule has 29 heavy (non-hydrogen) atoms. The monoisotopic (exact) mass is 415 g/mol. The van der Waals surface area contributed by atoms with Gasteiger partial charge in [0, 0.05) is 42.5 Å². The predicted octanol–water partition coefficient (Wildman–Crippen LogP) is 3.25. The molecular formula is C21H19ClFN3O3. The van der Waals surface area contributed by atoms with Crippen LogP contribution in [0, 0.1) is 5.82 Å². The first kappa shape index (κ1) is 19.3. The molecule has 0 aliphatic carbocycles. The first-order chi connectivity index (χ1) is 14.0. The molecule has 1 fully saturated rings. The van der Waals surface area contributed by atoms with Crippen LogP contribution in [-0.4, -0.2) is 41.6 Å². The van der Waals surface area contributed by atoms with Gasteiger partial charge < -0.3 is 14.2 Å².